The maximum absolute atomic E-state index is 14.0. The zero-order valence-corrected chi connectivity index (χ0v) is 52.4. The summed E-state index contributed by atoms with van der Waals surface area (Å²) < 4.78 is 52.6. The molecule has 5 aromatic carbocycles. The van der Waals surface area contributed by atoms with Crippen molar-refractivity contribution in [3.8, 4) is 5.75 Å². The summed E-state index contributed by atoms with van der Waals surface area (Å²) in [7, 11) is -7.15. The lowest BCUT2D eigenvalue weighted by molar-refractivity contribution is -0.129. The summed E-state index contributed by atoms with van der Waals surface area (Å²) in [4.78, 5) is 76.0. The van der Waals surface area contributed by atoms with Gasteiger partial charge in [0.2, 0.25) is 27.7 Å². The van der Waals surface area contributed by atoms with Gasteiger partial charge in [0.1, 0.15) is 17.5 Å². The highest BCUT2D eigenvalue weighted by atomic mass is 32.2. The summed E-state index contributed by atoms with van der Waals surface area (Å²) in [5.41, 5.74) is 3.32. The van der Waals surface area contributed by atoms with Crippen LogP contribution in [0.2, 0.25) is 0 Å². The van der Waals surface area contributed by atoms with E-state index < -0.39 is 44.0 Å². The van der Waals surface area contributed by atoms with Gasteiger partial charge in [-0.2, -0.15) is 16.1 Å². The van der Waals surface area contributed by atoms with E-state index >= 15 is 0 Å². The SMILES string of the molecule is CC(=O)c1ccc(S(C)(=O)=O)cc1.CC(C)CN(CC(O)[C@H](Cc1ccc(O)cc1)n1cc(CNC(=O)[C@H](Cc2ccc(C(=O)c3ccccc3)cc2)NC(=O)CCCCCNC(=O)CCCC[C@@H]2SC[C@@H]3NC(=O)N[C@@H]32)nn1)S(=O)(=O)c1ccccc1. The van der Waals surface area contributed by atoms with Crippen molar-refractivity contribution in [3.63, 3.8) is 0 Å². The predicted octanol–water partition coefficient (Wildman–Crippen LogP) is 6.75. The van der Waals surface area contributed by atoms with Gasteiger partial charge < -0.3 is 36.8 Å². The highest BCUT2D eigenvalue weighted by molar-refractivity contribution is 8.00. The van der Waals surface area contributed by atoms with E-state index in [1.807, 2.05) is 31.7 Å². The Labute approximate surface area is 519 Å². The first-order chi connectivity index (χ1) is 42.0. The highest BCUT2D eigenvalue weighted by Gasteiger charge is 2.42. The number of nitrogens with one attached hydrogen (secondary N) is 5. The molecule has 1 aromatic heterocycles. The van der Waals surface area contributed by atoms with Crippen molar-refractivity contribution in [2.45, 2.75) is 137 Å². The molecule has 2 aliphatic heterocycles. The molecule has 2 saturated heterocycles. The first-order valence-electron chi connectivity index (χ1n) is 29.5. The number of hydrogen-bond donors (Lipinski definition) is 7. The summed E-state index contributed by atoms with van der Waals surface area (Å²) in [6.07, 6.45) is 6.83. The number of phenols is 1. The fourth-order valence-electron chi connectivity index (χ4n) is 10.3. The van der Waals surface area contributed by atoms with Gasteiger partial charge in [0.25, 0.3) is 0 Å². The lowest BCUT2D eigenvalue weighted by Gasteiger charge is -2.30. The molecule has 0 bridgehead atoms. The van der Waals surface area contributed by atoms with Gasteiger partial charge >= 0.3 is 6.03 Å². The number of carbonyl (C=O) groups excluding carboxylic acids is 6. The lowest BCUT2D eigenvalue weighted by atomic mass is 9.99. The number of fused-ring (bicyclic) bond motifs is 1. The van der Waals surface area contributed by atoms with Crippen LogP contribution in [0, 0.1) is 5.92 Å². The monoisotopic (exact) mass is 1260 g/mol. The smallest absolute Gasteiger partial charge is 0.315 e. The molecule has 21 nitrogen and oxygen atoms in total. The quantitative estimate of drug-likeness (QED) is 0.0135. The molecule has 1 unspecified atom stereocenters. The number of phenolic OH excluding ortho intramolecular Hbond substituents is 1. The molecule has 5 amide bonds. The molecule has 24 heteroatoms. The van der Waals surface area contributed by atoms with Crippen molar-refractivity contribution in [1.82, 2.24) is 45.9 Å². The molecule has 3 heterocycles. The molecule has 2 fully saturated rings. The van der Waals surface area contributed by atoms with Crippen LogP contribution in [0.15, 0.2) is 149 Å². The summed E-state index contributed by atoms with van der Waals surface area (Å²) in [5, 5.41) is 45.6. The van der Waals surface area contributed by atoms with Crippen LogP contribution < -0.4 is 26.6 Å². The number of benzene rings is 5. The number of Topliss-reactive ketones (excluding diaryl/α,β-unsaturated/α-hetero) is 1. The third kappa shape index (κ3) is 20.4. The molecule has 7 N–H and O–H groups in total. The number of urea groups is 1. The number of sulfonamides is 1. The Morgan fingerprint density at radius 2 is 1.33 bits per heavy atom. The Hall–Kier alpha value is -7.77. The average Bonchev–Trinajstić information content (AvgIpc) is 4.43. The number of thioether (sulfide) groups is 1. The van der Waals surface area contributed by atoms with Crippen LogP contribution in [0.4, 0.5) is 4.79 Å². The minimum atomic E-state index is -4.00. The van der Waals surface area contributed by atoms with Gasteiger partial charge in [-0.1, -0.05) is 129 Å². The van der Waals surface area contributed by atoms with Gasteiger partial charge in [0.15, 0.2) is 21.4 Å². The molecule has 88 heavy (non-hydrogen) atoms. The molecule has 470 valence electrons. The number of sulfone groups is 1. The summed E-state index contributed by atoms with van der Waals surface area (Å²) in [6.45, 7) is 5.51. The van der Waals surface area contributed by atoms with E-state index in [-0.39, 0.29) is 102 Å². The first-order valence-corrected chi connectivity index (χ1v) is 33.9. The minimum absolute atomic E-state index is 0.0125. The Bertz CT molecular complexity index is 3520. The van der Waals surface area contributed by atoms with Crippen molar-refractivity contribution < 1.29 is 55.8 Å². The van der Waals surface area contributed by atoms with E-state index in [1.165, 1.54) is 64.4 Å². The number of unbranched alkanes of at least 4 members (excludes halogenated alkanes) is 3. The third-order valence-electron chi connectivity index (χ3n) is 15.0. The van der Waals surface area contributed by atoms with Gasteiger partial charge in [-0.25, -0.2) is 26.3 Å². The van der Waals surface area contributed by atoms with E-state index in [0.29, 0.717) is 65.4 Å². The Morgan fingerprint density at radius 1 is 0.716 bits per heavy atom. The topological polar surface area (TPSA) is 305 Å². The highest BCUT2D eigenvalue weighted by Crippen LogP contribution is 2.33. The summed E-state index contributed by atoms with van der Waals surface area (Å²) in [5.74, 6) is -0.139. The zero-order chi connectivity index (χ0) is 63.4. The maximum Gasteiger partial charge on any atom is 0.315 e. The van der Waals surface area contributed by atoms with Gasteiger partial charge in [0.05, 0.1) is 46.8 Å². The molecule has 6 aromatic rings. The standard InChI is InChI=1S/C55H69N9O9S2.C9H10O3S/c1-37(2)33-63(75(72,73)44-16-8-4-9-17-44)35-48(66)47(31-39-23-27-43(65)28-24-39)64-34-42(61-62-64)32-57-54(70)45(30-38-21-25-41(26-22-38)53(69)40-14-6-3-7-15-40)58-51(68)20-10-5-13-29-56-50(67)19-12-11-18-49-52-46(36-74-49)59-55(71)60-52;1-7(10)8-3-5-9(6-4-8)13(2,11)12/h3-4,6-9,14-17,21-28,34,37,45-49,52,65-66H,5,10-13,18-20,29-33,35-36H2,1-2H3,(H,56,67)(H,57,70)(H,58,68)(H2,59,60,71);3-6H,1-2H3/t45-,46-,47-,48?,49-,52-;/m0./s1. The first kappa shape index (κ1) is 67.7. The zero-order valence-electron chi connectivity index (χ0n) is 49.9. The van der Waals surface area contributed by atoms with Crippen LogP contribution in [-0.2, 0) is 53.6 Å². The Morgan fingerprint density at radius 3 is 1.99 bits per heavy atom. The van der Waals surface area contributed by atoms with Crippen LogP contribution in [0.5, 0.6) is 5.75 Å². The van der Waals surface area contributed by atoms with Crippen LogP contribution in [0.25, 0.3) is 0 Å². The normalized spacial score (nSPS) is 16.5. The number of aromatic hydroxyl groups is 1. The Kier molecular flexibility index (Phi) is 25.0. The number of rotatable bonds is 31. The third-order valence-corrected chi connectivity index (χ3v) is 19.5. The van der Waals surface area contributed by atoms with Gasteiger partial charge in [-0.05, 0) is 92.5 Å². The average molecular weight is 1260 g/mol. The molecule has 0 radical (unpaired) electrons. The number of carbonyl (C=O) groups is 6. The van der Waals surface area contributed by atoms with E-state index in [1.54, 1.807) is 85.1 Å². The second-order valence-corrected chi connectivity index (χ2v) is 27.8. The second-order valence-electron chi connectivity index (χ2n) is 22.5. The van der Waals surface area contributed by atoms with Crippen molar-refractivity contribution in [3.05, 3.63) is 173 Å². The van der Waals surface area contributed by atoms with E-state index in [9.17, 15) is 55.8 Å². The Balaban J connectivity index is 0.000000752. The van der Waals surface area contributed by atoms with Crippen molar-refractivity contribution >= 4 is 66.9 Å². The molecule has 0 spiro atoms. The van der Waals surface area contributed by atoms with Crippen LogP contribution in [0.1, 0.15) is 121 Å². The molecule has 8 rings (SSSR count). The van der Waals surface area contributed by atoms with E-state index in [2.05, 4.69) is 36.9 Å². The second kappa shape index (κ2) is 32.5. The number of aliphatic hydroxyl groups excluding tert-OH is 1. The van der Waals surface area contributed by atoms with Crippen LogP contribution in [-0.4, -0.2) is 143 Å². The van der Waals surface area contributed by atoms with Gasteiger partial charge in [-0.15, -0.1) is 5.10 Å². The molecular weight excluding hydrogens is 1180 g/mol. The van der Waals surface area contributed by atoms with Crippen molar-refractivity contribution in [1.29, 1.82) is 0 Å². The van der Waals surface area contributed by atoms with Crippen molar-refractivity contribution in [2.24, 2.45) is 5.92 Å². The molecule has 0 aliphatic carbocycles. The minimum Gasteiger partial charge on any atom is -0.508 e. The van der Waals surface area contributed by atoms with Crippen molar-refractivity contribution in [2.75, 3.05) is 31.6 Å². The summed E-state index contributed by atoms with van der Waals surface area (Å²) >= 11 is 1.86. The number of hydrogen-bond acceptors (Lipinski definition) is 15. The molecule has 2 aliphatic rings. The maximum atomic E-state index is 14.0. The van der Waals surface area contributed by atoms with Gasteiger partial charge in [-0.3, -0.25) is 24.0 Å². The fraction of sp³-hybridized carbons (Fsp3) is 0.406. The molecule has 6 atom stereocenters. The summed E-state index contributed by atoms with van der Waals surface area (Å²) in [6, 6.07) is 34.6. The van der Waals surface area contributed by atoms with Gasteiger partial charge in [0, 0.05) is 72.8 Å². The number of amides is 5. The number of aliphatic hydroxyl groups is 1. The molecule has 0 saturated carbocycles. The fourth-order valence-corrected chi connectivity index (χ4v) is 14.1. The number of nitrogens with zero attached hydrogens (tertiary/aromatic N) is 4. The van der Waals surface area contributed by atoms with Crippen LogP contribution in [0.3, 0.4) is 0 Å². The number of ketones is 2. The lowest BCUT2D eigenvalue weighted by Crippen LogP contribution is -2.47. The van der Waals surface area contributed by atoms with Crippen LogP contribution >= 0.6 is 11.8 Å². The van der Waals surface area contributed by atoms with E-state index in [0.717, 1.165) is 36.8 Å². The van der Waals surface area contributed by atoms with E-state index in [4.69, 9.17) is 0 Å². The predicted molar refractivity (Wildman–Crippen MR) is 336 cm³/mol. The number of aromatic nitrogens is 3. The largest absolute Gasteiger partial charge is 0.508 e. The molecular formula is C64H79N9O12S3.